The van der Waals surface area contributed by atoms with E-state index in [1.165, 1.54) is 50.5 Å². The fourth-order valence-electron chi connectivity index (χ4n) is 2.79. The first-order chi connectivity index (χ1) is 8.35. The van der Waals surface area contributed by atoms with Crippen molar-refractivity contribution >= 4 is 0 Å². The van der Waals surface area contributed by atoms with Crippen molar-refractivity contribution in [1.29, 1.82) is 0 Å². The van der Waals surface area contributed by atoms with Crippen LogP contribution in [0, 0.1) is 5.92 Å². The zero-order valence-corrected chi connectivity index (χ0v) is 11.4. The van der Waals surface area contributed by atoms with Crippen LogP contribution in [0.4, 0.5) is 0 Å². The molecule has 0 heteroatoms. The van der Waals surface area contributed by atoms with E-state index in [-0.39, 0.29) is 0 Å². The van der Waals surface area contributed by atoms with Crippen molar-refractivity contribution in [3.63, 3.8) is 0 Å². The molecular weight excluding hydrogens is 204 g/mol. The molecule has 1 aromatic carbocycles. The molecule has 0 radical (unpaired) electrons. The lowest BCUT2D eigenvalue weighted by Gasteiger charge is -2.04. The van der Waals surface area contributed by atoms with Crippen LogP contribution < -0.4 is 0 Å². The zero-order chi connectivity index (χ0) is 12.1. The maximum absolute atomic E-state index is 2.37. The molecule has 1 fully saturated rings. The van der Waals surface area contributed by atoms with Crippen LogP contribution in [0.15, 0.2) is 24.3 Å². The van der Waals surface area contributed by atoms with Crippen molar-refractivity contribution < 1.29 is 0 Å². The Morgan fingerprint density at radius 2 is 1.76 bits per heavy atom. The maximum atomic E-state index is 2.37. The van der Waals surface area contributed by atoms with Gasteiger partial charge in [-0.05, 0) is 42.2 Å². The quantitative estimate of drug-likeness (QED) is 0.556. The summed E-state index contributed by atoms with van der Waals surface area (Å²) in [5.41, 5.74) is 3.10. The van der Waals surface area contributed by atoms with Gasteiger partial charge in [0.05, 0.1) is 0 Å². The van der Waals surface area contributed by atoms with Crippen LogP contribution in [0.3, 0.4) is 0 Å². The number of unbranched alkanes of at least 4 members (excludes halogenated alkanes) is 3. The van der Waals surface area contributed by atoms with Gasteiger partial charge < -0.3 is 0 Å². The summed E-state index contributed by atoms with van der Waals surface area (Å²) in [6.07, 6.45) is 9.50. The summed E-state index contributed by atoms with van der Waals surface area (Å²) >= 11 is 0. The van der Waals surface area contributed by atoms with Crippen LogP contribution in [0.5, 0.6) is 0 Å². The zero-order valence-electron chi connectivity index (χ0n) is 11.4. The summed E-state index contributed by atoms with van der Waals surface area (Å²) in [5.74, 6) is 1.86. The van der Waals surface area contributed by atoms with Gasteiger partial charge >= 0.3 is 0 Å². The average molecular weight is 230 g/mol. The third kappa shape index (κ3) is 3.59. The van der Waals surface area contributed by atoms with Crippen LogP contribution >= 0.6 is 0 Å². The van der Waals surface area contributed by atoms with Crippen molar-refractivity contribution in [1.82, 2.24) is 0 Å². The van der Waals surface area contributed by atoms with E-state index in [0.29, 0.717) is 0 Å². The van der Waals surface area contributed by atoms with Crippen molar-refractivity contribution in [2.24, 2.45) is 5.92 Å². The smallest absolute Gasteiger partial charge is 0.0131 e. The van der Waals surface area contributed by atoms with Crippen molar-refractivity contribution in [3.8, 4) is 0 Å². The highest BCUT2D eigenvalue weighted by Gasteiger charge is 2.36. The van der Waals surface area contributed by atoms with E-state index in [0.717, 1.165) is 11.8 Å². The second-order valence-corrected chi connectivity index (χ2v) is 5.56. The molecule has 2 atom stereocenters. The highest BCUT2D eigenvalue weighted by molar-refractivity contribution is 5.29. The van der Waals surface area contributed by atoms with Gasteiger partial charge in [0.1, 0.15) is 0 Å². The van der Waals surface area contributed by atoms with Crippen LogP contribution in [-0.2, 0) is 6.42 Å². The van der Waals surface area contributed by atoms with Gasteiger partial charge in [-0.25, -0.2) is 0 Å². The monoisotopic (exact) mass is 230 g/mol. The molecule has 1 aliphatic rings. The summed E-state index contributed by atoms with van der Waals surface area (Å²) in [7, 11) is 0. The third-order valence-electron chi connectivity index (χ3n) is 4.17. The number of benzene rings is 1. The van der Waals surface area contributed by atoms with E-state index in [4.69, 9.17) is 0 Å². The van der Waals surface area contributed by atoms with Crippen LogP contribution in [0.1, 0.15) is 69.4 Å². The molecular formula is C17H26. The van der Waals surface area contributed by atoms with Crippen LogP contribution in [-0.4, -0.2) is 0 Å². The summed E-state index contributed by atoms with van der Waals surface area (Å²) in [4.78, 5) is 0. The lowest BCUT2D eigenvalue weighted by molar-refractivity contribution is 0.666. The van der Waals surface area contributed by atoms with Crippen LogP contribution in [0.2, 0.25) is 0 Å². The number of aryl methyl sites for hydroxylation is 1. The Hall–Kier alpha value is -0.780. The molecule has 0 nitrogen and oxygen atoms in total. The Balaban J connectivity index is 1.78. The number of hydrogen-bond donors (Lipinski definition) is 0. The van der Waals surface area contributed by atoms with E-state index in [1.807, 2.05) is 0 Å². The molecule has 1 aliphatic carbocycles. The largest absolute Gasteiger partial charge is 0.0654 e. The van der Waals surface area contributed by atoms with E-state index in [9.17, 15) is 0 Å². The van der Waals surface area contributed by atoms with Crippen LogP contribution in [0.25, 0.3) is 0 Å². The molecule has 0 N–H and O–H groups in total. The lowest BCUT2D eigenvalue weighted by atomic mass is 10.0. The Labute approximate surface area is 106 Å². The molecule has 0 amide bonds. The van der Waals surface area contributed by atoms with E-state index in [2.05, 4.69) is 38.1 Å². The van der Waals surface area contributed by atoms with E-state index < -0.39 is 0 Å². The Morgan fingerprint density at radius 3 is 2.35 bits per heavy atom. The first-order valence-electron chi connectivity index (χ1n) is 7.44. The number of hydrogen-bond acceptors (Lipinski definition) is 0. The molecule has 0 saturated heterocycles. The van der Waals surface area contributed by atoms with Gasteiger partial charge in [0.15, 0.2) is 0 Å². The normalized spacial score (nSPS) is 22.7. The van der Waals surface area contributed by atoms with Gasteiger partial charge in [-0.1, -0.05) is 63.8 Å². The predicted octanol–water partition coefficient (Wildman–Crippen LogP) is 5.32. The van der Waals surface area contributed by atoms with Gasteiger partial charge in [0.2, 0.25) is 0 Å². The Morgan fingerprint density at radius 1 is 1.00 bits per heavy atom. The molecule has 1 unspecified atom stereocenters. The Bertz CT molecular complexity index is 322. The molecule has 2 rings (SSSR count). The molecule has 0 bridgehead atoms. The first-order valence-corrected chi connectivity index (χ1v) is 7.44. The SMILES string of the molecule is CCCCCCc1ccc(C2C[C@H]2CC)cc1. The van der Waals surface area contributed by atoms with Gasteiger partial charge in [0.25, 0.3) is 0 Å². The molecule has 0 heterocycles. The Kier molecular flexibility index (Phi) is 4.65. The molecule has 0 spiro atoms. The second kappa shape index (κ2) is 6.23. The summed E-state index contributed by atoms with van der Waals surface area (Å²) in [6.45, 7) is 4.58. The van der Waals surface area contributed by atoms with Gasteiger partial charge in [-0.3, -0.25) is 0 Å². The predicted molar refractivity (Wildman–Crippen MR) is 75.4 cm³/mol. The first kappa shape index (κ1) is 12.7. The lowest BCUT2D eigenvalue weighted by Crippen LogP contribution is -1.88. The topological polar surface area (TPSA) is 0 Å². The van der Waals surface area contributed by atoms with Gasteiger partial charge in [-0.15, -0.1) is 0 Å². The second-order valence-electron chi connectivity index (χ2n) is 5.56. The fraction of sp³-hybridized carbons (Fsp3) is 0.647. The van der Waals surface area contributed by atoms with E-state index >= 15 is 0 Å². The van der Waals surface area contributed by atoms with Crippen molar-refractivity contribution in [3.05, 3.63) is 35.4 Å². The minimum Gasteiger partial charge on any atom is -0.0654 e. The summed E-state index contributed by atoms with van der Waals surface area (Å²) in [5, 5.41) is 0. The standard InChI is InChI=1S/C17H26/c1-3-5-6-7-8-14-9-11-16(12-10-14)17-13-15(17)4-2/h9-12,15,17H,3-8,13H2,1-2H3/t15-,17?/m1/s1. The molecule has 1 aromatic rings. The fourth-order valence-corrected chi connectivity index (χ4v) is 2.79. The summed E-state index contributed by atoms with van der Waals surface area (Å²) < 4.78 is 0. The van der Waals surface area contributed by atoms with E-state index in [1.54, 1.807) is 5.56 Å². The van der Waals surface area contributed by atoms with Crippen molar-refractivity contribution in [2.75, 3.05) is 0 Å². The molecule has 17 heavy (non-hydrogen) atoms. The third-order valence-corrected chi connectivity index (χ3v) is 4.17. The minimum atomic E-state index is 0.883. The molecule has 1 saturated carbocycles. The highest BCUT2D eigenvalue weighted by atomic mass is 14.4. The van der Waals surface area contributed by atoms with Gasteiger partial charge in [0, 0.05) is 0 Å². The average Bonchev–Trinajstić information content (AvgIpc) is 3.15. The highest BCUT2D eigenvalue weighted by Crippen LogP contribution is 2.49. The number of rotatable bonds is 7. The van der Waals surface area contributed by atoms with Gasteiger partial charge in [-0.2, -0.15) is 0 Å². The minimum absolute atomic E-state index is 0.883. The maximum Gasteiger partial charge on any atom is -0.0131 e. The molecule has 94 valence electrons. The summed E-state index contributed by atoms with van der Waals surface area (Å²) in [6, 6.07) is 9.45. The van der Waals surface area contributed by atoms with Crippen molar-refractivity contribution in [2.45, 2.75) is 64.7 Å². The molecule has 0 aromatic heterocycles. The molecule has 0 aliphatic heterocycles.